The topological polar surface area (TPSA) is 23.5 Å². The first-order valence-electron chi connectivity index (χ1n) is 5.31. The van der Waals surface area contributed by atoms with Crippen molar-refractivity contribution >= 4 is 0 Å². The van der Waals surface area contributed by atoms with Gasteiger partial charge in [-0.3, -0.25) is 4.90 Å². The van der Waals surface area contributed by atoms with Gasteiger partial charge in [0, 0.05) is 12.1 Å². The van der Waals surface area contributed by atoms with E-state index in [1.54, 1.807) is 12.1 Å². The minimum absolute atomic E-state index is 0.0362. The molecule has 0 aromatic heterocycles. The van der Waals surface area contributed by atoms with Gasteiger partial charge >= 0.3 is 0 Å². The Morgan fingerprint density at radius 3 is 2.47 bits per heavy atom. The maximum absolute atomic E-state index is 13.4. The summed E-state index contributed by atoms with van der Waals surface area (Å²) >= 11 is 0. The number of nitrogens with zero attached hydrogens (tertiary/aromatic N) is 1. The summed E-state index contributed by atoms with van der Waals surface area (Å²) in [6.07, 6.45) is 0. The molecule has 0 aliphatic rings. The highest BCUT2D eigenvalue weighted by Gasteiger charge is 2.07. The zero-order valence-electron chi connectivity index (χ0n) is 9.33. The summed E-state index contributed by atoms with van der Waals surface area (Å²) in [6.45, 7) is 6.48. The van der Waals surface area contributed by atoms with Crippen molar-refractivity contribution in [1.82, 2.24) is 4.90 Å². The van der Waals surface area contributed by atoms with Gasteiger partial charge in [-0.25, -0.2) is 4.39 Å². The van der Waals surface area contributed by atoms with Crippen LogP contribution in [0.5, 0.6) is 0 Å². The Kier molecular flexibility index (Phi) is 4.72. The summed E-state index contributed by atoms with van der Waals surface area (Å²) < 4.78 is 13.4. The number of aliphatic hydroxyl groups is 1. The number of halogens is 1. The molecule has 84 valence electrons. The first kappa shape index (κ1) is 12.1. The molecule has 0 bridgehead atoms. The van der Waals surface area contributed by atoms with E-state index in [2.05, 4.69) is 18.7 Å². The van der Waals surface area contributed by atoms with Crippen LogP contribution < -0.4 is 0 Å². The maximum Gasteiger partial charge on any atom is 0.127 e. The van der Waals surface area contributed by atoms with Crippen LogP contribution in [0, 0.1) is 5.82 Å². The molecule has 0 saturated heterocycles. The van der Waals surface area contributed by atoms with E-state index >= 15 is 0 Å². The molecule has 0 spiro atoms. The normalized spacial score (nSPS) is 11.0. The average Bonchev–Trinajstić information content (AvgIpc) is 2.28. The lowest BCUT2D eigenvalue weighted by atomic mass is 10.1. The highest BCUT2D eigenvalue weighted by Crippen LogP contribution is 2.13. The molecule has 0 atom stereocenters. The molecule has 0 saturated carbocycles. The van der Waals surface area contributed by atoms with Crippen LogP contribution in [0.2, 0.25) is 0 Å². The molecule has 0 unspecified atom stereocenters. The van der Waals surface area contributed by atoms with Gasteiger partial charge in [0.25, 0.3) is 0 Å². The lowest BCUT2D eigenvalue weighted by Gasteiger charge is -2.18. The summed E-state index contributed by atoms with van der Waals surface area (Å²) in [4.78, 5) is 2.14. The first-order valence-corrected chi connectivity index (χ1v) is 5.31. The minimum Gasteiger partial charge on any atom is -0.392 e. The Morgan fingerprint density at radius 2 is 1.93 bits per heavy atom. The first-order chi connectivity index (χ1) is 7.21. The Bertz CT molecular complexity index is 310. The molecule has 1 N–H and O–H groups in total. The Morgan fingerprint density at radius 1 is 1.27 bits per heavy atom. The molecule has 2 nitrogen and oxygen atoms in total. The van der Waals surface area contributed by atoms with Crippen LogP contribution in [0.4, 0.5) is 4.39 Å². The Labute approximate surface area is 90.3 Å². The van der Waals surface area contributed by atoms with E-state index in [0.717, 1.165) is 18.7 Å². The fourth-order valence-electron chi connectivity index (χ4n) is 1.54. The van der Waals surface area contributed by atoms with Crippen LogP contribution in [0.1, 0.15) is 25.0 Å². The van der Waals surface area contributed by atoms with Crippen LogP contribution in [0.15, 0.2) is 18.2 Å². The molecule has 0 heterocycles. The molecule has 3 heteroatoms. The highest BCUT2D eigenvalue weighted by molar-refractivity contribution is 5.24. The maximum atomic E-state index is 13.4. The van der Waals surface area contributed by atoms with Gasteiger partial charge in [-0.15, -0.1) is 0 Å². The SMILES string of the molecule is CCN(CC)Cc1cc(CO)ccc1F. The second-order valence-corrected chi connectivity index (χ2v) is 3.55. The van der Waals surface area contributed by atoms with Gasteiger partial charge in [0.1, 0.15) is 5.82 Å². The van der Waals surface area contributed by atoms with Crippen molar-refractivity contribution in [3.63, 3.8) is 0 Å². The number of benzene rings is 1. The molecular formula is C12H18FNO. The Balaban J connectivity index is 2.82. The summed E-state index contributed by atoms with van der Waals surface area (Å²) in [6, 6.07) is 4.76. The molecule has 1 aromatic rings. The van der Waals surface area contributed by atoms with Crippen molar-refractivity contribution in [1.29, 1.82) is 0 Å². The van der Waals surface area contributed by atoms with Crippen LogP contribution in [0.3, 0.4) is 0 Å². The standard InChI is InChI=1S/C12H18FNO/c1-3-14(4-2)8-11-7-10(9-15)5-6-12(11)13/h5-7,15H,3-4,8-9H2,1-2H3. The largest absolute Gasteiger partial charge is 0.392 e. The predicted octanol–water partition coefficient (Wildman–Crippen LogP) is 2.16. The van der Waals surface area contributed by atoms with Gasteiger partial charge in [-0.2, -0.15) is 0 Å². The van der Waals surface area contributed by atoms with Crippen molar-refractivity contribution < 1.29 is 9.50 Å². The molecule has 0 amide bonds. The number of hydrogen-bond acceptors (Lipinski definition) is 2. The molecule has 1 rings (SSSR count). The van der Waals surface area contributed by atoms with Gasteiger partial charge < -0.3 is 5.11 Å². The van der Waals surface area contributed by atoms with Gasteiger partial charge in [0.05, 0.1) is 6.61 Å². The van der Waals surface area contributed by atoms with Crippen molar-refractivity contribution in [3.8, 4) is 0 Å². The minimum atomic E-state index is -0.195. The van der Waals surface area contributed by atoms with E-state index < -0.39 is 0 Å². The molecule has 1 aromatic carbocycles. The predicted molar refractivity (Wildman–Crippen MR) is 58.9 cm³/mol. The summed E-state index contributed by atoms with van der Waals surface area (Å²) in [5.41, 5.74) is 1.42. The second-order valence-electron chi connectivity index (χ2n) is 3.55. The molecular weight excluding hydrogens is 193 g/mol. The molecule has 0 radical (unpaired) electrons. The monoisotopic (exact) mass is 211 g/mol. The lowest BCUT2D eigenvalue weighted by molar-refractivity contribution is 0.278. The third kappa shape index (κ3) is 3.29. The number of rotatable bonds is 5. The van der Waals surface area contributed by atoms with Gasteiger partial charge in [-0.05, 0) is 30.8 Å². The second kappa shape index (κ2) is 5.83. The quantitative estimate of drug-likeness (QED) is 0.806. The summed E-state index contributed by atoms with van der Waals surface area (Å²) in [7, 11) is 0. The van der Waals surface area contributed by atoms with Gasteiger partial charge in [-0.1, -0.05) is 19.9 Å². The van der Waals surface area contributed by atoms with E-state index in [-0.39, 0.29) is 12.4 Å². The van der Waals surface area contributed by atoms with Crippen LogP contribution in [-0.2, 0) is 13.2 Å². The van der Waals surface area contributed by atoms with Crippen LogP contribution >= 0.6 is 0 Å². The third-order valence-electron chi connectivity index (χ3n) is 2.58. The fraction of sp³-hybridized carbons (Fsp3) is 0.500. The number of hydrogen-bond donors (Lipinski definition) is 1. The van der Waals surface area contributed by atoms with Crippen molar-refractivity contribution in [2.45, 2.75) is 27.0 Å². The van der Waals surface area contributed by atoms with Gasteiger partial charge in [0.15, 0.2) is 0 Å². The lowest BCUT2D eigenvalue weighted by Crippen LogP contribution is -2.22. The molecule has 0 fully saturated rings. The summed E-state index contributed by atoms with van der Waals surface area (Å²) in [5, 5.41) is 8.97. The number of aliphatic hydroxyl groups excluding tert-OH is 1. The van der Waals surface area contributed by atoms with E-state index in [0.29, 0.717) is 12.1 Å². The zero-order chi connectivity index (χ0) is 11.3. The smallest absolute Gasteiger partial charge is 0.127 e. The molecule has 15 heavy (non-hydrogen) atoms. The van der Waals surface area contributed by atoms with E-state index in [1.165, 1.54) is 6.07 Å². The third-order valence-corrected chi connectivity index (χ3v) is 2.58. The van der Waals surface area contributed by atoms with Crippen LogP contribution in [0.25, 0.3) is 0 Å². The van der Waals surface area contributed by atoms with E-state index in [4.69, 9.17) is 5.11 Å². The van der Waals surface area contributed by atoms with Crippen molar-refractivity contribution in [3.05, 3.63) is 35.1 Å². The van der Waals surface area contributed by atoms with E-state index in [1.807, 2.05) is 0 Å². The zero-order valence-corrected chi connectivity index (χ0v) is 9.33. The Hall–Kier alpha value is -0.930. The van der Waals surface area contributed by atoms with Gasteiger partial charge in [0.2, 0.25) is 0 Å². The molecule has 0 aliphatic heterocycles. The molecule has 0 aliphatic carbocycles. The van der Waals surface area contributed by atoms with Crippen molar-refractivity contribution in [2.24, 2.45) is 0 Å². The van der Waals surface area contributed by atoms with E-state index in [9.17, 15) is 4.39 Å². The highest BCUT2D eigenvalue weighted by atomic mass is 19.1. The van der Waals surface area contributed by atoms with Crippen molar-refractivity contribution in [2.75, 3.05) is 13.1 Å². The summed E-state index contributed by atoms with van der Waals surface area (Å²) in [5.74, 6) is -0.195. The van der Waals surface area contributed by atoms with Crippen LogP contribution in [-0.4, -0.2) is 23.1 Å². The fourth-order valence-corrected chi connectivity index (χ4v) is 1.54. The average molecular weight is 211 g/mol.